The van der Waals surface area contributed by atoms with Crippen LogP contribution in [0.4, 0.5) is 5.69 Å². The maximum absolute atomic E-state index is 12.2. The summed E-state index contributed by atoms with van der Waals surface area (Å²) >= 11 is 0. The first-order chi connectivity index (χ1) is 12.5. The summed E-state index contributed by atoms with van der Waals surface area (Å²) < 4.78 is 4.67. The summed E-state index contributed by atoms with van der Waals surface area (Å²) in [5.41, 5.74) is 0.838. The van der Waals surface area contributed by atoms with E-state index >= 15 is 0 Å². The van der Waals surface area contributed by atoms with Crippen molar-refractivity contribution in [2.24, 2.45) is 0 Å². The van der Waals surface area contributed by atoms with E-state index in [2.05, 4.69) is 15.0 Å². The summed E-state index contributed by atoms with van der Waals surface area (Å²) in [4.78, 5) is 53.3. The van der Waals surface area contributed by atoms with Crippen molar-refractivity contribution in [3.8, 4) is 0 Å². The van der Waals surface area contributed by atoms with Gasteiger partial charge in [-0.2, -0.15) is 0 Å². The number of para-hydroxylation sites is 1. The Hall–Kier alpha value is -3.55. The number of carbonyl (C=O) groups is 4. The molecular formula is C18H15N3O5. The second-order valence-corrected chi connectivity index (χ2v) is 5.50. The molecule has 1 aliphatic heterocycles. The molecule has 1 aromatic carbocycles. The van der Waals surface area contributed by atoms with Crippen molar-refractivity contribution >= 4 is 29.4 Å². The summed E-state index contributed by atoms with van der Waals surface area (Å²) in [6.07, 6.45) is 1.32. The molecule has 0 saturated carbocycles. The van der Waals surface area contributed by atoms with Crippen LogP contribution in [-0.2, 0) is 9.53 Å². The zero-order valence-corrected chi connectivity index (χ0v) is 13.9. The SMILES string of the molecule is COC(=O)c1ccccc1NC(=O)CCN1C(=O)c2cccnc2C1=O. The monoisotopic (exact) mass is 353 g/mol. The van der Waals surface area contributed by atoms with Crippen LogP contribution in [0.25, 0.3) is 0 Å². The van der Waals surface area contributed by atoms with Crippen LogP contribution in [0.2, 0.25) is 0 Å². The lowest BCUT2D eigenvalue weighted by Gasteiger charge is -2.14. The van der Waals surface area contributed by atoms with E-state index in [1.165, 1.54) is 25.4 Å². The first-order valence-electron chi connectivity index (χ1n) is 7.81. The van der Waals surface area contributed by atoms with Crippen molar-refractivity contribution in [1.29, 1.82) is 0 Å². The third-order valence-corrected chi connectivity index (χ3v) is 3.90. The molecule has 0 radical (unpaired) electrons. The van der Waals surface area contributed by atoms with Gasteiger partial charge in [-0.15, -0.1) is 0 Å². The van der Waals surface area contributed by atoms with E-state index in [1.807, 2.05) is 0 Å². The van der Waals surface area contributed by atoms with E-state index in [0.29, 0.717) is 5.69 Å². The van der Waals surface area contributed by atoms with Gasteiger partial charge in [0.15, 0.2) is 0 Å². The number of nitrogens with one attached hydrogen (secondary N) is 1. The van der Waals surface area contributed by atoms with Crippen LogP contribution in [0.1, 0.15) is 37.6 Å². The number of benzene rings is 1. The lowest BCUT2D eigenvalue weighted by molar-refractivity contribution is -0.116. The normalized spacial score (nSPS) is 12.7. The van der Waals surface area contributed by atoms with Gasteiger partial charge in [-0.25, -0.2) is 4.79 Å². The molecule has 3 rings (SSSR count). The fraction of sp³-hybridized carbons (Fsp3) is 0.167. The predicted octanol–water partition coefficient (Wildman–Crippen LogP) is 1.49. The summed E-state index contributed by atoms with van der Waals surface area (Å²) in [7, 11) is 1.25. The molecule has 0 aliphatic carbocycles. The minimum atomic E-state index is -0.577. The Labute approximate surface area is 148 Å². The van der Waals surface area contributed by atoms with Crippen molar-refractivity contribution in [3.05, 3.63) is 59.4 Å². The number of ether oxygens (including phenoxy) is 1. The van der Waals surface area contributed by atoms with Crippen molar-refractivity contribution in [2.75, 3.05) is 19.0 Å². The van der Waals surface area contributed by atoms with E-state index in [0.717, 1.165) is 4.90 Å². The van der Waals surface area contributed by atoms with Gasteiger partial charge in [0.05, 0.1) is 23.9 Å². The van der Waals surface area contributed by atoms with Gasteiger partial charge >= 0.3 is 5.97 Å². The number of hydrogen-bond donors (Lipinski definition) is 1. The second-order valence-electron chi connectivity index (χ2n) is 5.50. The largest absolute Gasteiger partial charge is 0.465 e. The number of aromatic nitrogens is 1. The van der Waals surface area contributed by atoms with Gasteiger partial charge in [0, 0.05) is 19.2 Å². The van der Waals surface area contributed by atoms with Crippen molar-refractivity contribution in [3.63, 3.8) is 0 Å². The van der Waals surface area contributed by atoms with Crippen molar-refractivity contribution in [2.45, 2.75) is 6.42 Å². The highest BCUT2D eigenvalue weighted by atomic mass is 16.5. The molecule has 8 nitrogen and oxygen atoms in total. The molecule has 0 spiro atoms. The second kappa shape index (κ2) is 7.14. The zero-order valence-electron chi connectivity index (χ0n) is 13.9. The number of fused-ring (bicyclic) bond motifs is 1. The van der Waals surface area contributed by atoms with Crippen LogP contribution in [-0.4, -0.2) is 47.2 Å². The number of esters is 1. The number of amides is 3. The third kappa shape index (κ3) is 3.16. The van der Waals surface area contributed by atoms with E-state index < -0.39 is 23.7 Å². The molecular weight excluding hydrogens is 338 g/mol. The molecule has 2 heterocycles. The summed E-state index contributed by atoms with van der Waals surface area (Å²) in [6.45, 7) is -0.0831. The highest BCUT2D eigenvalue weighted by Gasteiger charge is 2.36. The van der Waals surface area contributed by atoms with Gasteiger partial charge in [-0.3, -0.25) is 24.3 Å². The Bertz CT molecular complexity index is 874. The molecule has 2 aromatic rings. The first kappa shape index (κ1) is 17.3. The van der Waals surface area contributed by atoms with E-state index in [4.69, 9.17) is 0 Å². The molecule has 1 N–H and O–H groups in total. The Morgan fingerprint density at radius 3 is 2.62 bits per heavy atom. The van der Waals surface area contributed by atoms with Gasteiger partial charge in [0.2, 0.25) is 5.91 Å². The highest BCUT2D eigenvalue weighted by Crippen LogP contribution is 2.21. The Morgan fingerprint density at radius 1 is 1.12 bits per heavy atom. The van der Waals surface area contributed by atoms with Gasteiger partial charge < -0.3 is 10.1 Å². The van der Waals surface area contributed by atoms with Crippen LogP contribution in [0.5, 0.6) is 0 Å². The van der Waals surface area contributed by atoms with Gasteiger partial charge in [-0.05, 0) is 24.3 Å². The topological polar surface area (TPSA) is 106 Å². The fourth-order valence-electron chi connectivity index (χ4n) is 2.62. The average Bonchev–Trinajstić information content (AvgIpc) is 2.91. The molecule has 0 bridgehead atoms. The summed E-state index contributed by atoms with van der Waals surface area (Å²) in [5.74, 6) is -2.01. The standard InChI is InChI=1S/C18H15N3O5/c1-26-18(25)11-5-2-3-7-13(11)20-14(22)8-10-21-16(23)12-6-4-9-19-15(12)17(21)24/h2-7,9H,8,10H2,1H3,(H,20,22). The van der Waals surface area contributed by atoms with Crippen LogP contribution >= 0.6 is 0 Å². The quantitative estimate of drug-likeness (QED) is 0.645. The molecule has 0 fully saturated rings. The third-order valence-electron chi connectivity index (χ3n) is 3.90. The number of nitrogens with zero attached hydrogens (tertiary/aromatic N) is 2. The molecule has 132 valence electrons. The van der Waals surface area contributed by atoms with Gasteiger partial charge in [0.25, 0.3) is 11.8 Å². The van der Waals surface area contributed by atoms with Crippen LogP contribution < -0.4 is 5.32 Å². The van der Waals surface area contributed by atoms with Gasteiger partial charge in [0.1, 0.15) is 5.69 Å². The number of carbonyl (C=O) groups excluding carboxylic acids is 4. The van der Waals surface area contributed by atoms with Crippen molar-refractivity contribution < 1.29 is 23.9 Å². The first-order valence-corrected chi connectivity index (χ1v) is 7.81. The predicted molar refractivity (Wildman–Crippen MR) is 90.6 cm³/mol. The molecule has 0 unspecified atom stereocenters. The molecule has 8 heteroatoms. The minimum Gasteiger partial charge on any atom is -0.465 e. The van der Waals surface area contributed by atoms with E-state index in [1.54, 1.807) is 24.3 Å². The molecule has 1 aromatic heterocycles. The smallest absolute Gasteiger partial charge is 0.339 e. The lowest BCUT2D eigenvalue weighted by atomic mass is 10.1. The summed E-state index contributed by atoms with van der Waals surface area (Å²) in [6, 6.07) is 9.50. The average molecular weight is 353 g/mol. The number of hydrogen-bond acceptors (Lipinski definition) is 6. The molecule has 26 heavy (non-hydrogen) atoms. The molecule has 0 atom stereocenters. The van der Waals surface area contributed by atoms with Gasteiger partial charge in [-0.1, -0.05) is 12.1 Å². The van der Waals surface area contributed by atoms with E-state index in [9.17, 15) is 19.2 Å². The van der Waals surface area contributed by atoms with E-state index in [-0.39, 0.29) is 29.8 Å². The maximum Gasteiger partial charge on any atom is 0.339 e. The zero-order chi connectivity index (χ0) is 18.7. The minimum absolute atomic E-state index is 0.0831. The number of pyridine rings is 1. The molecule has 3 amide bonds. The number of imide groups is 1. The Kier molecular flexibility index (Phi) is 4.74. The highest BCUT2D eigenvalue weighted by molar-refractivity contribution is 6.20. The molecule has 0 saturated heterocycles. The maximum atomic E-state index is 12.2. The Morgan fingerprint density at radius 2 is 1.88 bits per heavy atom. The summed E-state index contributed by atoms with van der Waals surface area (Å²) in [5, 5.41) is 2.60. The number of methoxy groups -OCH3 is 1. The lowest BCUT2D eigenvalue weighted by Crippen LogP contribution is -2.33. The number of anilines is 1. The Balaban J connectivity index is 1.65. The van der Waals surface area contributed by atoms with Crippen LogP contribution in [0.3, 0.4) is 0 Å². The number of rotatable bonds is 5. The van der Waals surface area contributed by atoms with Crippen molar-refractivity contribution in [1.82, 2.24) is 9.88 Å². The fourth-order valence-corrected chi connectivity index (χ4v) is 2.62. The molecule has 1 aliphatic rings. The van der Waals surface area contributed by atoms with Crippen LogP contribution in [0.15, 0.2) is 42.6 Å². The van der Waals surface area contributed by atoms with Crippen LogP contribution in [0, 0.1) is 0 Å².